The van der Waals surface area contributed by atoms with Crippen LogP contribution in [0, 0.1) is 11.8 Å². The Kier molecular flexibility index (Phi) is 4.72. The number of carbonyl (C=O) groups is 1. The predicted molar refractivity (Wildman–Crippen MR) is 70.5 cm³/mol. The quantitative estimate of drug-likeness (QED) is 0.875. The lowest BCUT2D eigenvalue weighted by Gasteiger charge is -2.31. The van der Waals surface area contributed by atoms with Gasteiger partial charge in [0.25, 0.3) is 0 Å². The molecule has 1 saturated heterocycles. The van der Waals surface area contributed by atoms with Gasteiger partial charge in [-0.1, -0.05) is 19.1 Å². The average molecular weight is 302 g/mol. The van der Waals surface area contributed by atoms with Crippen LogP contribution in [0.4, 0.5) is 13.2 Å². The molecule has 1 aromatic carbocycles. The van der Waals surface area contributed by atoms with Gasteiger partial charge >= 0.3 is 6.36 Å². The fourth-order valence-corrected chi connectivity index (χ4v) is 2.04. The van der Waals surface area contributed by atoms with Gasteiger partial charge in [-0.2, -0.15) is 0 Å². The van der Waals surface area contributed by atoms with Crippen molar-refractivity contribution in [1.29, 1.82) is 0 Å². The Bertz CT molecular complexity index is 484. The number of nitrogens with one attached hydrogen (secondary N) is 2. The Morgan fingerprint density at radius 2 is 2.00 bits per heavy atom. The Morgan fingerprint density at radius 1 is 1.38 bits per heavy atom. The minimum Gasteiger partial charge on any atom is -0.406 e. The lowest BCUT2D eigenvalue weighted by Crippen LogP contribution is -2.49. The van der Waals surface area contributed by atoms with E-state index in [1.165, 1.54) is 24.3 Å². The first-order chi connectivity index (χ1) is 9.85. The predicted octanol–water partition coefficient (Wildman–Crippen LogP) is 2.06. The molecule has 0 bridgehead atoms. The van der Waals surface area contributed by atoms with Gasteiger partial charge in [-0.15, -0.1) is 13.2 Å². The average Bonchev–Trinajstić information content (AvgIpc) is 2.33. The van der Waals surface area contributed by atoms with Crippen LogP contribution in [0.25, 0.3) is 0 Å². The molecular formula is C14H17F3N2O2. The van der Waals surface area contributed by atoms with E-state index in [1.54, 1.807) is 0 Å². The maximum absolute atomic E-state index is 12.0. The lowest BCUT2D eigenvalue weighted by atomic mass is 9.88. The Labute approximate surface area is 120 Å². The van der Waals surface area contributed by atoms with Crippen LogP contribution in [0.2, 0.25) is 0 Å². The first kappa shape index (κ1) is 15.6. The zero-order chi connectivity index (χ0) is 15.5. The van der Waals surface area contributed by atoms with Crippen LogP contribution in [-0.2, 0) is 11.3 Å². The van der Waals surface area contributed by atoms with E-state index in [9.17, 15) is 18.0 Å². The monoisotopic (exact) mass is 302 g/mol. The van der Waals surface area contributed by atoms with Crippen LogP contribution in [0.5, 0.6) is 5.75 Å². The van der Waals surface area contributed by atoms with Crippen molar-refractivity contribution in [1.82, 2.24) is 10.6 Å². The van der Waals surface area contributed by atoms with Crippen molar-refractivity contribution in [2.24, 2.45) is 11.8 Å². The molecule has 0 aliphatic carbocycles. The number of hydrogen-bond acceptors (Lipinski definition) is 3. The summed E-state index contributed by atoms with van der Waals surface area (Å²) in [6, 6.07) is 5.45. The van der Waals surface area contributed by atoms with Crippen LogP contribution in [-0.4, -0.2) is 25.4 Å². The summed E-state index contributed by atoms with van der Waals surface area (Å²) in [5, 5.41) is 5.90. The van der Waals surface area contributed by atoms with Gasteiger partial charge in [0.2, 0.25) is 5.91 Å². The van der Waals surface area contributed by atoms with Gasteiger partial charge in [0.1, 0.15) is 5.75 Å². The summed E-state index contributed by atoms with van der Waals surface area (Å²) in [6.07, 6.45) is -4.69. The SMILES string of the molecule is CC(C(=O)NCc1ccc(OC(F)(F)F)cc1)C1CNC1. The van der Waals surface area contributed by atoms with E-state index in [-0.39, 0.29) is 24.1 Å². The van der Waals surface area contributed by atoms with Gasteiger partial charge in [0.15, 0.2) is 0 Å². The molecule has 1 fully saturated rings. The third kappa shape index (κ3) is 4.63. The minimum atomic E-state index is -4.69. The van der Waals surface area contributed by atoms with E-state index in [4.69, 9.17) is 0 Å². The van der Waals surface area contributed by atoms with E-state index in [0.717, 1.165) is 18.7 Å². The molecule has 21 heavy (non-hydrogen) atoms. The molecule has 7 heteroatoms. The smallest absolute Gasteiger partial charge is 0.406 e. The molecule has 2 rings (SSSR count). The van der Waals surface area contributed by atoms with Gasteiger partial charge < -0.3 is 15.4 Å². The second-order valence-electron chi connectivity index (χ2n) is 5.12. The standard InChI is InChI=1S/C14H17F3N2O2/c1-9(11-7-18-8-11)13(20)19-6-10-2-4-12(5-3-10)21-14(15,16)17/h2-5,9,11,18H,6-8H2,1H3,(H,19,20). The second kappa shape index (κ2) is 6.34. The fourth-order valence-electron chi connectivity index (χ4n) is 2.04. The van der Waals surface area contributed by atoms with Gasteiger partial charge in [-0.05, 0) is 36.7 Å². The van der Waals surface area contributed by atoms with Crippen LogP contribution in [0.3, 0.4) is 0 Å². The van der Waals surface area contributed by atoms with Gasteiger partial charge in [-0.3, -0.25) is 4.79 Å². The largest absolute Gasteiger partial charge is 0.573 e. The number of alkyl halides is 3. The van der Waals surface area contributed by atoms with E-state index >= 15 is 0 Å². The first-order valence-corrected chi connectivity index (χ1v) is 6.68. The summed E-state index contributed by atoms with van der Waals surface area (Å²) < 4.78 is 39.8. The summed E-state index contributed by atoms with van der Waals surface area (Å²) in [6.45, 7) is 3.85. The third-order valence-electron chi connectivity index (χ3n) is 3.56. The summed E-state index contributed by atoms with van der Waals surface area (Å²) in [4.78, 5) is 11.9. The summed E-state index contributed by atoms with van der Waals surface area (Å²) >= 11 is 0. The molecule has 4 nitrogen and oxygen atoms in total. The molecule has 1 aromatic rings. The van der Waals surface area contributed by atoms with Crippen molar-refractivity contribution < 1.29 is 22.7 Å². The molecule has 1 aliphatic heterocycles. The molecule has 0 saturated carbocycles. The highest BCUT2D eigenvalue weighted by Crippen LogP contribution is 2.22. The summed E-state index contributed by atoms with van der Waals surface area (Å²) in [5.41, 5.74) is 0.719. The molecule has 116 valence electrons. The molecule has 1 amide bonds. The fraction of sp³-hybridized carbons (Fsp3) is 0.500. The van der Waals surface area contributed by atoms with E-state index < -0.39 is 6.36 Å². The molecule has 1 unspecified atom stereocenters. The van der Waals surface area contributed by atoms with E-state index in [1.807, 2.05) is 6.92 Å². The van der Waals surface area contributed by atoms with Gasteiger partial charge in [0, 0.05) is 12.5 Å². The lowest BCUT2D eigenvalue weighted by molar-refractivity contribution is -0.274. The Balaban J connectivity index is 1.81. The minimum absolute atomic E-state index is 0.0443. The van der Waals surface area contributed by atoms with Crippen LogP contribution in [0.1, 0.15) is 12.5 Å². The third-order valence-corrected chi connectivity index (χ3v) is 3.56. The van der Waals surface area contributed by atoms with Crippen LogP contribution < -0.4 is 15.4 Å². The number of hydrogen-bond donors (Lipinski definition) is 2. The molecular weight excluding hydrogens is 285 g/mol. The Hall–Kier alpha value is -1.76. The number of benzene rings is 1. The highest BCUT2D eigenvalue weighted by molar-refractivity contribution is 5.78. The van der Waals surface area contributed by atoms with Crippen molar-refractivity contribution >= 4 is 5.91 Å². The maximum Gasteiger partial charge on any atom is 0.573 e. The van der Waals surface area contributed by atoms with Gasteiger partial charge in [0.05, 0.1) is 0 Å². The molecule has 1 heterocycles. The van der Waals surface area contributed by atoms with Crippen molar-refractivity contribution in [2.45, 2.75) is 19.8 Å². The zero-order valence-electron chi connectivity index (χ0n) is 11.5. The highest BCUT2D eigenvalue weighted by Gasteiger charge is 2.31. The van der Waals surface area contributed by atoms with E-state index in [0.29, 0.717) is 5.92 Å². The van der Waals surface area contributed by atoms with Crippen LogP contribution >= 0.6 is 0 Å². The van der Waals surface area contributed by atoms with Crippen molar-refractivity contribution in [3.05, 3.63) is 29.8 Å². The number of rotatable bonds is 5. The summed E-state index contributed by atoms with van der Waals surface area (Å²) in [7, 11) is 0. The molecule has 0 aromatic heterocycles. The number of halogens is 3. The Morgan fingerprint density at radius 3 is 2.48 bits per heavy atom. The number of carbonyl (C=O) groups excluding carboxylic acids is 1. The number of ether oxygens (including phenoxy) is 1. The molecule has 1 aliphatic rings. The van der Waals surface area contributed by atoms with Gasteiger partial charge in [-0.25, -0.2) is 0 Å². The van der Waals surface area contributed by atoms with E-state index in [2.05, 4.69) is 15.4 Å². The number of amides is 1. The normalized spacial score (nSPS) is 17.0. The van der Waals surface area contributed by atoms with Crippen molar-refractivity contribution in [3.63, 3.8) is 0 Å². The molecule has 0 spiro atoms. The molecule has 0 radical (unpaired) electrons. The van der Waals surface area contributed by atoms with Crippen molar-refractivity contribution in [3.8, 4) is 5.75 Å². The second-order valence-corrected chi connectivity index (χ2v) is 5.12. The molecule has 1 atom stereocenters. The topological polar surface area (TPSA) is 50.4 Å². The van der Waals surface area contributed by atoms with Crippen LogP contribution in [0.15, 0.2) is 24.3 Å². The van der Waals surface area contributed by atoms with Crippen molar-refractivity contribution in [2.75, 3.05) is 13.1 Å². The zero-order valence-corrected chi connectivity index (χ0v) is 11.5. The maximum atomic E-state index is 12.0. The summed E-state index contributed by atoms with van der Waals surface area (Å²) in [5.74, 6) is -0.0322. The highest BCUT2D eigenvalue weighted by atomic mass is 19.4. The molecule has 2 N–H and O–H groups in total. The first-order valence-electron chi connectivity index (χ1n) is 6.68.